The van der Waals surface area contributed by atoms with Gasteiger partial charge in [0.25, 0.3) is 0 Å². The first-order chi connectivity index (χ1) is 15.4. The van der Waals surface area contributed by atoms with Crippen LogP contribution < -0.4 is 5.32 Å². The van der Waals surface area contributed by atoms with Crippen LogP contribution in [0.1, 0.15) is 5.56 Å². The fourth-order valence-corrected chi connectivity index (χ4v) is 3.92. The first-order valence-electron chi connectivity index (χ1n) is 9.43. The molecule has 0 radical (unpaired) electrons. The van der Waals surface area contributed by atoms with Crippen LogP contribution in [0.25, 0.3) is 17.1 Å². The lowest BCUT2D eigenvalue weighted by Gasteiger charge is -2.14. The number of amides is 1. The highest BCUT2D eigenvalue weighted by Crippen LogP contribution is 2.31. The molecule has 2 aromatic carbocycles. The van der Waals surface area contributed by atoms with Gasteiger partial charge in [-0.1, -0.05) is 29.4 Å². The minimum Gasteiger partial charge on any atom is -0.325 e. The molecule has 0 fully saturated rings. The van der Waals surface area contributed by atoms with E-state index in [0.717, 1.165) is 40.7 Å². The Morgan fingerprint density at radius 2 is 1.88 bits per heavy atom. The molecule has 4 rings (SSSR count). The highest BCUT2D eigenvalue weighted by Gasteiger charge is 2.19. The van der Waals surface area contributed by atoms with Crippen molar-refractivity contribution in [3.8, 4) is 17.1 Å². The van der Waals surface area contributed by atoms with Crippen LogP contribution in [0.2, 0.25) is 5.02 Å². The molecule has 0 aliphatic heterocycles. The Labute approximate surface area is 191 Å². The van der Waals surface area contributed by atoms with E-state index in [1.807, 2.05) is 35.8 Å². The maximum absolute atomic E-state index is 13.4. The Balaban J connectivity index is 1.62. The lowest BCUT2D eigenvalue weighted by atomic mass is 10.2. The quantitative estimate of drug-likeness (QED) is 0.386. The molecule has 1 N–H and O–H groups in total. The highest BCUT2D eigenvalue weighted by atomic mass is 35.5. The fourth-order valence-electron chi connectivity index (χ4n) is 3.01. The molecule has 0 saturated heterocycles. The average Bonchev–Trinajstić information content (AvgIpc) is 3.21. The number of thioether (sulfide) groups is 1. The fraction of sp³-hybridized carbons (Fsp3) is 0.0909. The molecule has 4 aromatic rings. The summed E-state index contributed by atoms with van der Waals surface area (Å²) in [7, 11) is 0. The minimum atomic E-state index is -1.03. The number of pyridine rings is 1. The molecular formula is C22H16ClF2N5OS. The zero-order valence-corrected chi connectivity index (χ0v) is 18.3. The summed E-state index contributed by atoms with van der Waals surface area (Å²) in [6.45, 7) is 1.89. The molecule has 10 heteroatoms. The lowest BCUT2D eigenvalue weighted by molar-refractivity contribution is -0.113. The van der Waals surface area contributed by atoms with Crippen LogP contribution in [-0.4, -0.2) is 31.4 Å². The molecule has 32 heavy (non-hydrogen) atoms. The van der Waals surface area contributed by atoms with Crippen molar-refractivity contribution in [3.05, 3.63) is 83.1 Å². The number of rotatable bonds is 6. The van der Waals surface area contributed by atoms with Crippen molar-refractivity contribution in [2.75, 3.05) is 11.1 Å². The molecule has 0 saturated carbocycles. The van der Waals surface area contributed by atoms with E-state index in [1.54, 1.807) is 18.5 Å². The van der Waals surface area contributed by atoms with Crippen molar-refractivity contribution in [3.63, 3.8) is 0 Å². The molecule has 2 aromatic heterocycles. The van der Waals surface area contributed by atoms with Crippen molar-refractivity contribution in [1.29, 1.82) is 0 Å². The first-order valence-corrected chi connectivity index (χ1v) is 10.8. The molecule has 1 amide bonds. The van der Waals surface area contributed by atoms with Gasteiger partial charge in [-0.05, 0) is 48.9 Å². The van der Waals surface area contributed by atoms with Crippen molar-refractivity contribution >= 4 is 35.0 Å². The zero-order valence-electron chi connectivity index (χ0n) is 16.7. The van der Waals surface area contributed by atoms with Crippen molar-refractivity contribution in [1.82, 2.24) is 19.7 Å². The number of carbonyl (C=O) groups excluding carboxylic acids is 1. The number of anilines is 1. The van der Waals surface area contributed by atoms with Crippen LogP contribution in [0.4, 0.5) is 14.5 Å². The number of benzene rings is 2. The van der Waals surface area contributed by atoms with Gasteiger partial charge >= 0.3 is 0 Å². The van der Waals surface area contributed by atoms with Gasteiger partial charge in [-0.15, -0.1) is 10.2 Å². The Bertz CT molecular complexity index is 1280. The van der Waals surface area contributed by atoms with E-state index in [9.17, 15) is 13.6 Å². The highest BCUT2D eigenvalue weighted by molar-refractivity contribution is 7.99. The molecular weight excluding hydrogens is 456 g/mol. The number of hydrogen-bond acceptors (Lipinski definition) is 5. The second-order valence-electron chi connectivity index (χ2n) is 6.73. The van der Waals surface area contributed by atoms with Crippen LogP contribution in [0.5, 0.6) is 0 Å². The Morgan fingerprint density at radius 1 is 1.09 bits per heavy atom. The minimum absolute atomic E-state index is 0.0207. The van der Waals surface area contributed by atoms with Crippen LogP contribution >= 0.6 is 23.4 Å². The smallest absolute Gasteiger partial charge is 0.234 e. The van der Waals surface area contributed by atoms with Crippen LogP contribution in [0.15, 0.2) is 66.1 Å². The van der Waals surface area contributed by atoms with E-state index in [1.165, 1.54) is 6.07 Å². The molecule has 0 aliphatic rings. The standard InChI is InChI=1S/C22H16ClF2N5OS/c1-13-16(23)3-2-4-19(13)30-21(14-7-9-26-10-8-14)28-29-22(30)32-12-20(31)27-15-5-6-17(24)18(25)11-15/h2-11H,12H2,1H3,(H,27,31). The van der Waals surface area contributed by atoms with E-state index >= 15 is 0 Å². The first kappa shape index (κ1) is 21.9. The van der Waals surface area contributed by atoms with Gasteiger partial charge < -0.3 is 5.32 Å². The van der Waals surface area contributed by atoms with Crippen molar-refractivity contribution in [2.45, 2.75) is 12.1 Å². The molecule has 0 aliphatic carbocycles. The Kier molecular flexibility index (Phi) is 6.48. The maximum atomic E-state index is 13.4. The third kappa shape index (κ3) is 4.63. The number of hydrogen-bond donors (Lipinski definition) is 1. The van der Waals surface area contributed by atoms with Gasteiger partial charge in [-0.3, -0.25) is 14.3 Å². The molecule has 0 atom stereocenters. The van der Waals surface area contributed by atoms with Crippen LogP contribution in [0.3, 0.4) is 0 Å². The maximum Gasteiger partial charge on any atom is 0.234 e. The predicted molar refractivity (Wildman–Crippen MR) is 120 cm³/mol. The summed E-state index contributed by atoms with van der Waals surface area (Å²) in [5.41, 5.74) is 2.57. The Morgan fingerprint density at radius 3 is 2.62 bits per heavy atom. The topological polar surface area (TPSA) is 72.7 Å². The van der Waals surface area contributed by atoms with Gasteiger partial charge in [0.1, 0.15) is 0 Å². The number of halogens is 3. The lowest BCUT2D eigenvalue weighted by Crippen LogP contribution is -2.15. The van der Waals surface area contributed by atoms with Gasteiger partial charge in [-0.2, -0.15) is 0 Å². The SMILES string of the molecule is Cc1c(Cl)cccc1-n1c(SCC(=O)Nc2ccc(F)c(F)c2)nnc1-c1ccncc1. The summed E-state index contributed by atoms with van der Waals surface area (Å²) < 4.78 is 28.3. The second-order valence-corrected chi connectivity index (χ2v) is 8.08. The average molecular weight is 472 g/mol. The van der Waals surface area contributed by atoms with Gasteiger partial charge in [0, 0.05) is 34.7 Å². The molecule has 6 nitrogen and oxygen atoms in total. The third-order valence-corrected chi connectivity index (χ3v) is 5.93. The summed E-state index contributed by atoms with van der Waals surface area (Å²) in [5.74, 6) is -1.86. The van der Waals surface area contributed by atoms with E-state index in [0.29, 0.717) is 16.0 Å². The molecule has 162 valence electrons. The largest absolute Gasteiger partial charge is 0.325 e. The molecule has 0 bridgehead atoms. The van der Waals surface area contributed by atoms with E-state index in [2.05, 4.69) is 20.5 Å². The molecule has 2 heterocycles. The molecule has 0 unspecified atom stereocenters. The Hall–Kier alpha value is -3.30. The summed E-state index contributed by atoms with van der Waals surface area (Å²) in [6.07, 6.45) is 3.31. The van der Waals surface area contributed by atoms with Gasteiger partial charge in [-0.25, -0.2) is 8.78 Å². The molecule has 0 spiro atoms. The van der Waals surface area contributed by atoms with E-state index in [4.69, 9.17) is 11.6 Å². The number of nitrogens with one attached hydrogen (secondary N) is 1. The van der Waals surface area contributed by atoms with Crippen LogP contribution in [0, 0.1) is 18.6 Å². The van der Waals surface area contributed by atoms with E-state index < -0.39 is 17.5 Å². The number of carbonyl (C=O) groups is 1. The van der Waals surface area contributed by atoms with E-state index in [-0.39, 0.29) is 11.4 Å². The zero-order chi connectivity index (χ0) is 22.7. The van der Waals surface area contributed by atoms with Crippen molar-refractivity contribution in [2.24, 2.45) is 0 Å². The van der Waals surface area contributed by atoms with Crippen molar-refractivity contribution < 1.29 is 13.6 Å². The summed E-state index contributed by atoms with van der Waals surface area (Å²) in [5, 5.41) is 12.2. The summed E-state index contributed by atoms with van der Waals surface area (Å²) in [4.78, 5) is 16.4. The summed E-state index contributed by atoms with van der Waals surface area (Å²) in [6, 6.07) is 12.3. The predicted octanol–water partition coefficient (Wildman–Crippen LogP) is 5.30. The van der Waals surface area contributed by atoms with Gasteiger partial charge in [0.2, 0.25) is 5.91 Å². The normalized spacial score (nSPS) is 10.9. The third-order valence-electron chi connectivity index (χ3n) is 4.59. The monoisotopic (exact) mass is 471 g/mol. The van der Waals surface area contributed by atoms with Gasteiger partial charge in [0.05, 0.1) is 11.4 Å². The second kappa shape index (κ2) is 9.46. The number of aromatic nitrogens is 4. The number of nitrogens with zero attached hydrogens (tertiary/aromatic N) is 4. The summed E-state index contributed by atoms with van der Waals surface area (Å²) >= 11 is 7.49. The van der Waals surface area contributed by atoms with Gasteiger partial charge in [0.15, 0.2) is 22.6 Å². The van der Waals surface area contributed by atoms with Crippen LogP contribution in [-0.2, 0) is 4.79 Å².